The lowest BCUT2D eigenvalue weighted by atomic mass is 10.1. The van der Waals surface area contributed by atoms with Crippen molar-refractivity contribution in [1.29, 1.82) is 0 Å². The molecule has 1 N–H and O–H groups in total. The molecule has 8 heteroatoms. The van der Waals surface area contributed by atoms with E-state index in [1.807, 2.05) is 44.2 Å². The van der Waals surface area contributed by atoms with Gasteiger partial charge in [0.05, 0.1) is 23.4 Å². The van der Waals surface area contributed by atoms with Crippen LogP contribution in [0.3, 0.4) is 0 Å². The number of nitrogens with one attached hydrogen (secondary N) is 1. The van der Waals surface area contributed by atoms with E-state index in [2.05, 4.69) is 10.4 Å². The number of anilines is 2. The Morgan fingerprint density at radius 2 is 2.00 bits per heavy atom. The van der Waals surface area contributed by atoms with Crippen LogP contribution in [0, 0.1) is 0 Å². The minimum atomic E-state index is -0.265. The van der Waals surface area contributed by atoms with Gasteiger partial charge in [-0.25, -0.2) is 9.67 Å². The highest BCUT2D eigenvalue weighted by molar-refractivity contribution is 6.12. The Hall–Kier alpha value is -3.94. The summed E-state index contributed by atoms with van der Waals surface area (Å²) in [5.74, 6) is 0.448. The van der Waals surface area contributed by atoms with Crippen LogP contribution < -0.4 is 10.2 Å². The number of furan rings is 1. The number of pyridine rings is 1. The van der Waals surface area contributed by atoms with Gasteiger partial charge in [0.25, 0.3) is 5.91 Å². The lowest BCUT2D eigenvalue weighted by Gasteiger charge is -2.16. The van der Waals surface area contributed by atoms with Crippen molar-refractivity contribution in [3.63, 3.8) is 0 Å². The van der Waals surface area contributed by atoms with Gasteiger partial charge in [0.15, 0.2) is 11.4 Å². The zero-order valence-corrected chi connectivity index (χ0v) is 17.9. The van der Waals surface area contributed by atoms with E-state index in [1.165, 1.54) is 0 Å². The standard InChI is InChI=1S/C24H23N5O3/c1-15(2)29-23-19(14-25-29)18(13-20(27-23)21-5-4-12-32-21)24(31)26-16-7-9-17(10-8-16)28-11-3-6-22(28)30/h4-5,7-10,12-15H,3,6,11H2,1-2H3,(H,26,31). The van der Waals surface area contributed by atoms with E-state index >= 15 is 0 Å². The lowest BCUT2D eigenvalue weighted by Crippen LogP contribution is -2.23. The highest BCUT2D eigenvalue weighted by Gasteiger charge is 2.22. The predicted molar refractivity (Wildman–Crippen MR) is 122 cm³/mol. The Balaban J connectivity index is 1.48. The second-order valence-electron chi connectivity index (χ2n) is 8.10. The van der Waals surface area contributed by atoms with Crippen molar-refractivity contribution >= 4 is 34.2 Å². The molecule has 1 fully saturated rings. The van der Waals surface area contributed by atoms with Crippen LogP contribution in [0.25, 0.3) is 22.5 Å². The number of amides is 2. The lowest BCUT2D eigenvalue weighted by molar-refractivity contribution is -0.117. The third-order valence-electron chi connectivity index (χ3n) is 5.58. The summed E-state index contributed by atoms with van der Waals surface area (Å²) in [4.78, 5) is 31.7. The van der Waals surface area contributed by atoms with Gasteiger partial charge < -0.3 is 14.6 Å². The molecule has 162 valence electrons. The SMILES string of the molecule is CC(C)n1ncc2c(C(=O)Nc3ccc(N4CCCC4=O)cc3)cc(-c3ccco3)nc21. The molecule has 1 aliphatic heterocycles. The quantitative estimate of drug-likeness (QED) is 0.498. The van der Waals surface area contributed by atoms with Crippen molar-refractivity contribution in [2.45, 2.75) is 32.7 Å². The molecule has 0 saturated carbocycles. The second kappa shape index (κ2) is 7.96. The summed E-state index contributed by atoms with van der Waals surface area (Å²) in [6.45, 7) is 4.76. The van der Waals surface area contributed by atoms with Crippen molar-refractivity contribution in [1.82, 2.24) is 14.8 Å². The topological polar surface area (TPSA) is 93.3 Å². The van der Waals surface area contributed by atoms with Crippen molar-refractivity contribution in [3.8, 4) is 11.5 Å². The molecule has 1 saturated heterocycles. The minimum Gasteiger partial charge on any atom is -0.463 e. The van der Waals surface area contributed by atoms with E-state index in [-0.39, 0.29) is 17.9 Å². The van der Waals surface area contributed by atoms with Crippen LogP contribution in [0.1, 0.15) is 43.1 Å². The number of hydrogen-bond donors (Lipinski definition) is 1. The molecule has 8 nitrogen and oxygen atoms in total. The molecule has 5 rings (SSSR count). The Morgan fingerprint density at radius 1 is 1.19 bits per heavy atom. The number of hydrogen-bond acceptors (Lipinski definition) is 5. The average molecular weight is 429 g/mol. The van der Waals surface area contributed by atoms with Crippen molar-refractivity contribution in [2.75, 3.05) is 16.8 Å². The first-order valence-electron chi connectivity index (χ1n) is 10.6. The molecule has 1 aliphatic rings. The minimum absolute atomic E-state index is 0.0867. The van der Waals surface area contributed by atoms with Crippen LogP contribution in [0.15, 0.2) is 59.3 Å². The van der Waals surface area contributed by atoms with Gasteiger partial charge in [-0.1, -0.05) is 0 Å². The molecule has 0 aliphatic carbocycles. The number of nitrogens with zero attached hydrogens (tertiary/aromatic N) is 4. The van der Waals surface area contributed by atoms with Gasteiger partial charge in [-0.2, -0.15) is 5.10 Å². The first-order valence-corrected chi connectivity index (χ1v) is 10.6. The maximum absolute atomic E-state index is 13.3. The number of fused-ring (bicyclic) bond motifs is 1. The van der Waals surface area contributed by atoms with Crippen molar-refractivity contribution < 1.29 is 14.0 Å². The summed E-state index contributed by atoms with van der Waals surface area (Å²) in [7, 11) is 0. The zero-order valence-electron chi connectivity index (χ0n) is 17.9. The Kier molecular flexibility index (Phi) is 4.97. The normalized spacial score (nSPS) is 14.0. The molecule has 3 aromatic heterocycles. The summed E-state index contributed by atoms with van der Waals surface area (Å²) in [5.41, 5.74) is 3.15. The molecule has 1 aromatic carbocycles. The molecule has 4 heterocycles. The highest BCUT2D eigenvalue weighted by atomic mass is 16.3. The van der Waals surface area contributed by atoms with Gasteiger partial charge in [0.2, 0.25) is 5.91 Å². The van der Waals surface area contributed by atoms with Crippen LogP contribution in [0.4, 0.5) is 11.4 Å². The van der Waals surface area contributed by atoms with Crippen LogP contribution >= 0.6 is 0 Å². The van der Waals surface area contributed by atoms with Gasteiger partial charge >= 0.3 is 0 Å². The molecule has 0 bridgehead atoms. The summed E-state index contributed by atoms with van der Waals surface area (Å²) in [6.07, 6.45) is 4.70. The van der Waals surface area contributed by atoms with Gasteiger partial charge in [0.1, 0.15) is 5.69 Å². The van der Waals surface area contributed by atoms with E-state index in [0.717, 1.165) is 18.7 Å². The second-order valence-corrected chi connectivity index (χ2v) is 8.10. The van der Waals surface area contributed by atoms with Gasteiger partial charge in [0, 0.05) is 30.4 Å². The average Bonchev–Trinajstić information content (AvgIpc) is 3.54. The first-order chi connectivity index (χ1) is 15.5. The molecular formula is C24H23N5O3. The third kappa shape index (κ3) is 3.53. The number of carbonyl (C=O) groups excluding carboxylic acids is 2. The van der Waals surface area contributed by atoms with Crippen LogP contribution in [-0.4, -0.2) is 33.1 Å². The Morgan fingerprint density at radius 3 is 2.66 bits per heavy atom. The molecule has 32 heavy (non-hydrogen) atoms. The fourth-order valence-electron chi connectivity index (χ4n) is 3.98. The zero-order chi connectivity index (χ0) is 22.2. The number of benzene rings is 1. The van der Waals surface area contributed by atoms with E-state index < -0.39 is 0 Å². The molecule has 0 spiro atoms. The molecule has 2 amide bonds. The van der Waals surface area contributed by atoms with Crippen LogP contribution in [-0.2, 0) is 4.79 Å². The Labute approximate surface area is 184 Å². The smallest absolute Gasteiger partial charge is 0.256 e. The van der Waals surface area contributed by atoms with E-state index in [0.29, 0.717) is 40.2 Å². The number of rotatable bonds is 5. The van der Waals surface area contributed by atoms with E-state index in [9.17, 15) is 9.59 Å². The summed E-state index contributed by atoms with van der Waals surface area (Å²) in [5, 5.41) is 8.06. The van der Waals surface area contributed by atoms with Gasteiger partial charge in [-0.15, -0.1) is 0 Å². The van der Waals surface area contributed by atoms with E-state index in [1.54, 1.807) is 34.2 Å². The molecule has 0 radical (unpaired) electrons. The maximum Gasteiger partial charge on any atom is 0.256 e. The van der Waals surface area contributed by atoms with E-state index in [4.69, 9.17) is 9.40 Å². The molecule has 0 unspecified atom stereocenters. The van der Waals surface area contributed by atoms with Crippen molar-refractivity contribution in [2.24, 2.45) is 0 Å². The number of aromatic nitrogens is 3. The first kappa shape index (κ1) is 20.0. The number of carbonyl (C=O) groups is 2. The molecular weight excluding hydrogens is 406 g/mol. The van der Waals surface area contributed by atoms with Gasteiger partial charge in [-0.3, -0.25) is 9.59 Å². The maximum atomic E-state index is 13.3. The fourth-order valence-corrected chi connectivity index (χ4v) is 3.98. The van der Waals surface area contributed by atoms with Crippen LogP contribution in [0.5, 0.6) is 0 Å². The predicted octanol–water partition coefficient (Wildman–Crippen LogP) is 4.65. The summed E-state index contributed by atoms with van der Waals surface area (Å²) in [6, 6.07) is 12.7. The monoisotopic (exact) mass is 429 g/mol. The third-order valence-corrected chi connectivity index (χ3v) is 5.58. The largest absolute Gasteiger partial charge is 0.463 e. The van der Waals surface area contributed by atoms with Crippen LogP contribution in [0.2, 0.25) is 0 Å². The summed E-state index contributed by atoms with van der Waals surface area (Å²) < 4.78 is 7.30. The highest BCUT2D eigenvalue weighted by Crippen LogP contribution is 2.28. The molecule has 0 atom stereocenters. The summed E-state index contributed by atoms with van der Waals surface area (Å²) >= 11 is 0. The van der Waals surface area contributed by atoms with Gasteiger partial charge in [-0.05, 0) is 62.7 Å². The fraction of sp³-hybridized carbons (Fsp3) is 0.250. The molecule has 4 aromatic rings. The van der Waals surface area contributed by atoms with Crippen molar-refractivity contribution in [3.05, 3.63) is 60.5 Å². The Bertz CT molecular complexity index is 1290.